The smallest absolute Gasteiger partial charge is 0.180 e. The fraction of sp³-hybridized carbons (Fsp3) is 0.500. The minimum absolute atomic E-state index is 0.765. The van der Waals surface area contributed by atoms with Gasteiger partial charge in [0, 0.05) is 19.3 Å². The number of aromatic nitrogens is 3. The minimum Gasteiger partial charge on any atom is -0.370 e. The second-order valence-corrected chi connectivity index (χ2v) is 4.94. The van der Waals surface area contributed by atoms with Gasteiger partial charge in [-0.2, -0.15) is 0 Å². The molecule has 3 heterocycles. The molecule has 18 heavy (non-hydrogen) atoms. The minimum atomic E-state index is 0.765. The van der Waals surface area contributed by atoms with Crippen molar-refractivity contribution in [3.05, 3.63) is 23.7 Å². The van der Waals surface area contributed by atoms with Crippen LogP contribution in [0.15, 0.2) is 12.3 Å². The highest BCUT2D eigenvalue weighted by atomic mass is 15.1. The van der Waals surface area contributed by atoms with Crippen LogP contribution in [0, 0.1) is 13.8 Å². The topological polar surface area (TPSA) is 41.9 Å². The van der Waals surface area contributed by atoms with E-state index in [9.17, 15) is 0 Å². The lowest BCUT2D eigenvalue weighted by Gasteiger charge is -2.29. The van der Waals surface area contributed by atoms with Gasteiger partial charge in [-0.15, -0.1) is 0 Å². The maximum atomic E-state index is 4.68. The van der Waals surface area contributed by atoms with E-state index in [1.807, 2.05) is 20.0 Å². The Kier molecular flexibility index (Phi) is 2.86. The summed E-state index contributed by atoms with van der Waals surface area (Å²) in [5.74, 6) is 0. The highest BCUT2D eigenvalue weighted by Crippen LogP contribution is 2.26. The van der Waals surface area contributed by atoms with Gasteiger partial charge in [0.1, 0.15) is 5.52 Å². The molecule has 0 atom stereocenters. The summed E-state index contributed by atoms with van der Waals surface area (Å²) in [5, 5.41) is 0. The third-order valence-corrected chi connectivity index (χ3v) is 3.66. The molecule has 2 aromatic heterocycles. The number of piperidine rings is 1. The summed E-state index contributed by atoms with van der Waals surface area (Å²) in [6, 6.07) is 2.07. The van der Waals surface area contributed by atoms with Crippen molar-refractivity contribution in [2.45, 2.75) is 33.1 Å². The highest BCUT2D eigenvalue weighted by Gasteiger charge is 2.15. The van der Waals surface area contributed by atoms with Gasteiger partial charge >= 0.3 is 0 Å². The Morgan fingerprint density at radius 3 is 2.50 bits per heavy atom. The lowest BCUT2D eigenvalue weighted by molar-refractivity contribution is 0.578. The quantitative estimate of drug-likeness (QED) is 0.771. The van der Waals surface area contributed by atoms with Crippen molar-refractivity contribution in [3.8, 4) is 0 Å². The Morgan fingerprint density at radius 2 is 1.72 bits per heavy atom. The molecule has 1 saturated heterocycles. The molecule has 0 radical (unpaired) electrons. The zero-order valence-corrected chi connectivity index (χ0v) is 11.0. The number of fused-ring (bicyclic) bond motifs is 1. The van der Waals surface area contributed by atoms with Gasteiger partial charge < -0.3 is 4.90 Å². The molecule has 1 aliphatic heterocycles. The van der Waals surface area contributed by atoms with E-state index in [-0.39, 0.29) is 0 Å². The lowest BCUT2D eigenvalue weighted by Crippen LogP contribution is -2.29. The van der Waals surface area contributed by atoms with Crippen LogP contribution in [0.4, 0.5) is 5.69 Å². The van der Waals surface area contributed by atoms with E-state index in [0.717, 1.165) is 35.6 Å². The van der Waals surface area contributed by atoms with Crippen LogP contribution in [-0.2, 0) is 0 Å². The molecule has 3 rings (SSSR count). The molecule has 0 aliphatic carbocycles. The monoisotopic (exact) mass is 242 g/mol. The molecule has 1 fully saturated rings. The van der Waals surface area contributed by atoms with Gasteiger partial charge in [0.25, 0.3) is 0 Å². The van der Waals surface area contributed by atoms with Crippen LogP contribution in [-0.4, -0.2) is 28.0 Å². The van der Waals surface area contributed by atoms with Crippen molar-refractivity contribution in [2.75, 3.05) is 18.0 Å². The first-order chi connectivity index (χ1) is 8.75. The predicted molar refractivity (Wildman–Crippen MR) is 72.9 cm³/mol. The van der Waals surface area contributed by atoms with Crippen LogP contribution in [0.3, 0.4) is 0 Å². The number of nitrogens with zero attached hydrogens (tertiary/aromatic N) is 4. The number of aryl methyl sites for hydroxylation is 2. The Morgan fingerprint density at radius 1 is 1.00 bits per heavy atom. The maximum Gasteiger partial charge on any atom is 0.180 e. The van der Waals surface area contributed by atoms with E-state index in [0.29, 0.717) is 0 Å². The van der Waals surface area contributed by atoms with Gasteiger partial charge in [-0.1, -0.05) is 0 Å². The number of pyridine rings is 1. The summed E-state index contributed by atoms with van der Waals surface area (Å²) in [6.07, 6.45) is 5.71. The molecule has 0 aromatic carbocycles. The van der Waals surface area contributed by atoms with E-state index in [2.05, 4.69) is 25.9 Å². The van der Waals surface area contributed by atoms with Crippen LogP contribution in [0.5, 0.6) is 0 Å². The van der Waals surface area contributed by atoms with Crippen molar-refractivity contribution >= 4 is 16.9 Å². The normalized spacial score (nSPS) is 16.2. The summed E-state index contributed by atoms with van der Waals surface area (Å²) < 4.78 is 0. The van der Waals surface area contributed by atoms with Crippen molar-refractivity contribution in [2.24, 2.45) is 0 Å². The van der Waals surface area contributed by atoms with Gasteiger partial charge in [0.2, 0.25) is 0 Å². The Labute approximate surface area is 107 Å². The van der Waals surface area contributed by atoms with Crippen LogP contribution in [0.25, 0.3) is 11.2 Å². The number of rotatable bonds is 1. The SMILES string of the molecule is Cc1nc2nccc(N3CCCCC3)c2nc1C. The second-order valence-electron chi connectivity index (χ2n) is 4.94. The van der Waals surface area contributed by atoms with E-state index in [4.69, 9.17) is 0 Å². The van der Waals surface area contributed by atoms with E-state index in [1.54, 1.807) is 0 Å². The molecule has 0 N–H and O–H groups in total. The second kappa shape index (κ2) is 4.52. The maximum absolute atomic E-state index is 4.68. The van der Waals surface area contributed by atoms with Crippen LogP contribution in [0.1, 0.15) is 30.7 Å². The molecule has 0 saturated carbocycles. The average Bonchev–Trinajstić information content (AvgIpc) is 2.40. The molecule has 4 nitrogen and oxygen atoms in total. The molecule has 94 valence electrons. The number of hydrogen-bond acceptors (Lipinski definition) is 4. The predicted octanol–water partition coefficient (Wildman–Crippen LogP) is 2.63. The lowest BCUT2D eigenvalue weighted by atomic mass is 10.1. The molecular weight excluding hydrogens is 224 g/mol. The summed E-state index contributed by atoms with van der Waals surface area (Å²) in [5.41, 5.74) is 4.86. The Balaban J connectivity index is 2.13. The van der Waals surface area contributed by atoms with Gasteiger partial charge in [-0.3, -0.25) is 0 Å². The number of anilines is 1. The Hall–Kier alpha value is -1.71. The third-order valence-electron chi connectivity index (χ3n) is 3.66. The molecule has 1 aliphatic rings. The summed E-state index contributed by atoms with van der Waals surface area (Å²) >= 11 is 0. The standard InChI is InChI=1S/C14H18N4/c1-10-11(2)17-14-13(16-10)12(6-7-15-14)18-8-4-3-5-9-18/h6-7H,3-5,8-9H2,1-2H3. The number of hydrogen-bond donors (Lipinski definition) is 0. The zero-order chi connectivity index (χ0) is 12.5. The van der Waals surface area contributed by atoms with E-state index in [1.165, 1.54) is 24.9 Å². The molecule has 2 aromatic rings. The van der Waals surface area contributed by atoms with Crippen LogP contribution in [0.2, 0.25) is 0 Å². The summed E-state index contributed by atoms with van der Waals surface area (Å²) in [6.45, 7) is 6.23. The van der Waals surface area contributed by atoms with Gasteiger partial charge in [0.15, 0.2) is 5.65 Å². The molecule has 0 amide bonds. The van der Waals surface area contributed by atoms with Crippen molar-refractivity contribution in [1.82, 2.24) is 15.0 Å². The largest absolute Gasteiger partial charge is 0.370 e. The average molecular weight is 242 g/mol. The first-order valence-corrected chi connectivity index (χ1v) is 6.60. The molecule has 0 unspecified atom stereocenters. The van der Waals surface area contributed by atoms with Crippen molar-refractivity contribution in [3.63, 3.8) is 0 Å². The van der Waals surface area contributed by atoms with Crippen LogP contribution < -0.4 is 4.90 Å². The fourth-order valence-corrected chi connectivity index (χ4v) is 2.50. The van der Waals surface area contributed by atoms with Gasteiger partial charge in [-0.05, 0) is 39.2 Å². The van der Waals surface area contributed by atoms with Gasteiger partial charge in [-0.25, -0.2) is 15.0 Å². The van der Waals surface area contributed by atoms with E-state index < -0.39 is 0 Å². The molecule has 0 bridgehead atoms. The summed E-state index contributed by atoms with van der Waals surface area (Å²) in [7, 11) is 0. The third kappa shape index (κ3) is 1.92. The highest BCUT2D eigenvalue weighted by molar-refractivity contribution is 5.85. The van der Waals surface area contributed by atoms with Crippen LogP contribution >= 0.6 is 0 Å². The molecule has 4 heteroatoms. The van der Waals surface area contributed by atoms with Crippen molar-refractivity contribution in [1.29, 1.82) is 0 Å². The molecular formula is C14H18N4. The summed E-state index contributed by atoms with van der Waals surface area (Å²) in [4.78, 5) is 16.0. The Bertz CT molecular complexity index is 573. The van der Waals surface area contributed by atoms with E-state index >= 15 is 0 Å². The van der Waals surface area contributed by atoms with Crippen molar-refractivity contribution < 1.29 is 0 Å². The zero-order valence-electron chi connectivity index (χ0n) is 11.0. The first kappa shape index (κ1) is 11.4. The fourth-order valence-electron chi connectivity index (χ4n) is 2.50. The first-order valence-electron chi connectivity index (χ1n) is 6.60. The molecule has 0 spiro atoms. The van der Waals surface area contributed by atoms with Gasteiger partial charge in [0.05, 0.1) is 17.1 Å².